The van der Waals surface area contributed by atoms with E-state index < -0.39 is 23.7 Å². The van der Waals surface area contributed by atoms with Gasteiger partial charge in [-0.15, -0.1) is 5.10 Å². The molecule has 26 heavy (non-hydrogen) atoms. The average Bonchev–Trinajstić information content (AvgIpc) is 3.26. The topological polar surface area (TPSA) is 101 Å². The Labute approximate surface area is 151 Å². The zero-order valence-corrected chi connectivity index (χ0v) is 14.1. The van der Waals surface area contributed by atoms with Gasteiger partial charge in [0.2, 0.25) is 5.91 Å². The summed E-state index contributed by atoms with van der Waals surface area (Å²) in [6.45, 7) is 0. The quantitative estimate of drug-likeness (QED) is 0.873. The molecule has 4 rings (SSSR count). The maximum absolute atomic E-state index is 14.8. The Morgan fingerprint density at radius 1 is 1.35 bits per heavy atom. The molecular weight excluding hydrogens is 365 g/mol. The first-order valence-electron chi connectivity index (χ1n) is 7.94. The first-order chi connectivity index (χ1) is 12.5. The van der Waals surface area contributed by atoms with Gasteiger partial charge < -0.3 is 10.0 Å². The van der Waals surface area contributed by atoms with E-state index in [0.717, 1.165) is 0 Å². The first kappa shape index (κ1) is 16.6. The van der Waals surface area contributed by atoms with E-state index in [1.807, 2.05) is 0 Å². The highest BCUT2D eigenvalue weighted by atomic mass is 35.5. The Morgan fingerprint density at radius 2 is 2.15 bits per heavy atom. The van der Waals surface area contributed by atoms with Crippen LogP contribution in [0.3, 0.4) is 0 Å². The maximum atomic E-state index is 14.8. The molecule has 1 saturated heterocycles. The summed E-state index contributed by atoms with van der Waals surface area (Å²) in [5.41, 5.74) is 0.960. The molecule has 3 heterocycles. The average molecular weight is 378 g/mol. The highest BCUT2D eigenvalue weighted by molar-refractivity contribution is 6.31. The third kappa shape index (κ3) is 2.55. The smallest absolute Gasteiger partial charge is 0.326 e. The summed E-state index contributed by atoms with van der Waals surface area (Å²) in [6.07, 6.45) is 3.86. The van der Waals surface area contributed by atoms with Crippen LogP contribution in [0.4, 0.5) is 4.39 Å². The van der Waals surface area contributed by atoms with Crippen LogP contribution in [0.25, 0.3) is 11.3 Å². The Bertz CT molecular complexity index is 930. The van der Waals surface area contributed by atoms with Crippen molar-refractivity contribution in [2.24, 2.45) is 0 Å². The van der Waals surface area contributed by atoms with Crippen LogP contribution in [0.2, 0.25) is 5.02 Å². The van der Waals surface area contributed by atoms with Crippen LogP contribution >= 0.6 is 11.6 Å². The third-order valence-corrected chi connectivity index (χ3v) is 5.08. The molecule has 2 aliphatic heterocycles. The van der Waals surface area contributed by atoms with Crippen molar-refractivity contribution in [3.63, 3.8) is 0 Å². The van der Waals surface area contributed by atoms with E-state index in [1.165, 1.54) is 28.1 Å². The number of aliphatic carboxylic acids is 1. The van der Waals surface area contributed by atoms with E-state index in [2.05, 4.69) is 15.5 Å². The SMILES string of the molecule is O=C(O)[C@H]1CCC2CC(c3c(-n4cnnn4)ccc(Cl)c3F)=CC(=O)N21. The zero-order valence-electron chi connectivity index (χ0n) is 13.3. The van der Waals surface area contributed by atoms with Crippen molar-refractivity contribution in [2.75, 3.05) is 0 Å². The number of carboxylic acid groups (broad SMARTS) is 1. The third-order valence-electron chi connectivity index (χ3n) is 4.79. The number of carbonyl (C=O) groups excluding carboxylic acids is 1. The summed E-state index contributed by atoms with van der Waals surface area (Å²) in [4.78, 5) is 25.3. The number of benzene rings is 1. The van der Waals surface area contributed by atoms with E-state index in [1.54, 1.807) is 6.07 Å². The van der Waals surface area contributed by atoms with Gasteiger partial charge in [0.05, 0.1) is 10.7 Å². The number of rotatable bonds is 3. The largest absolute Gasteiger partial charge is 0.480 e. The van der Waals surface area contributed by atoms with Crippen LogP contribution in [0, 0.1) is 5.82 Å². The summed E-state index contributed by atoms with van der Waals surface area (Å²) >= 11 is 5.94. The predicted molar refractivity (Wildman–Crippen MR) is 88.0 cm³/mol. The van der Waals surface area contributed by atoms with Crippen molar-refractivity contribution >= 4 is 29.1 Å². The van der Waals surface area contributed by atoms with Gasteiger partial charge in [-0.05, 0) is 47.4 Å². The van der Waals surface area contributed by atoms with Gasteiger partial charge in [-0.1, -0.05) is 11.6 Å². The molecule has 134 valence electrons. The Kier molecular flexibility index (Phi) is 3.95. The fourth-order valence-corrected chi connectivity index (χ4v) is 3.84. The van der Waals surface area contributed by atoms with E-state index in [9.17, 15) is 19.1 Å². The number of hydrogen-bond acceptors (Lipinski definition) is 5. The number of halogens is 2. The molecule has 8 nitrogen and oxygen atoms in total. The van der Waals surface area contributed by atoms with Gasteiger partial charge in [0.1, 0.15) is 12.4 Å². The summed E-state index contributed by atoms with van der Waals surface area (Å²) in [5, 5.41) is 20.1. The molecule has 1 amide bonds. The van der Waals surface area contributed by atoms with Gasteiger partial charge in [-0.2, -0.15) is 4.68 Å². The minimum Gasteiger partial charge on any atom is -0.480 e. The standard InChI is InChI=1S/C16H13ClFN5O3/c17-10-2-4-11(22-7-19-20-21-22)14(15(10)18)8-5-9-1-3-12(16(25)26)23(9)13(24)6-8/h2,4,6-7,9,12H,1,3,5H2,(H,25,26)/t9?,12-/m1/s1. The summed E-state index contributed by atoms with van der Waals surface area (Å²) in [5.74, 6) is -2.14. The molecule has 0 aliphatic carbocycles. The van der Waals surface area contributed by atoms with Crippen molar-refractivity contribution in [3.05, 3.63) is 40.9 Å². The number of tetrazole rings is 1. The van der Waals surface area contributed by atoms with Gasteiger partial charge in [0.25, 0.3) is 0 Å². The number of carbonyl (C=O) groups is 2. The minimum absolute atomic E-state index is 0.0811. The molecule has 2 aromatic rings. The number of fused-ring (bicyclic) bond motifs is 1. The van der Waals surface area contributed by atoms with Crippen molar-refractivity contribution in [3.8, 4) is 5.69 Å². The molecule has 0 saturated carbocycles. The minimum atomic E-state index is -1.03. The second-order valence-corrected chi connectivity index (χ2v) is 6.62. The molecule has 10 heteroatoms. The molecule has 1 aromatic carbocycles. The monoisotopic (exact) mass is 377 g/mol. The van der Waals surface area contributed by atoms with E-state index in [0.29, 0.717) is 30.5 Å². The van der Waals surface area contributed by atoms with Gasteiger partial charge in [0.15, 0.2) is 5.82 Å². The van der Waals surface area contributed by atoms with Gasteiger partial charge >= 0.3 is 5.97 Å². The van der Waals surface area contributed by atoms with Crippen molar-refractivity contribution in [2.45, 2.75) is 31.3 Å². The maximum Gasteiger partial charge on any atom is 0.326 e. The Hall–Kier alpha value is -2.81. The van der Waals surface area contributed by atoms with E-state index in [4.69, 9.17) is 11.6 Å². The Morgan fingerprint density at radius 3 is 2.85 bits per heavy atom. The fraction of sp³-hybridized carbons (Fsp3) is 0.312. The predicted octanol–water partition coefficient (Wildman–Crippen LogP) is 1.69. The summed E-state index contributed by atoms with van der Waals surface area (Å²) < 4.78 is 16.1. The molecule has 1 unspecified atom stereocenters. The molecule has 1 aromatic heterocycles. The van der Waals surface area contributed by atoms with E-state index >= 15 is 0 Å². The second kappa shape index (κ2) is 6.17. The van der Waals surface area contributed by atoms with E-state index in [-0.39, 0.29) is 16.6 Å². The van der Waals surface area contributed by atoms with Crippen LogP contribution in [0.15, 0.2) is 24.5 Å². The summed E-state index contributed by atoms with van der Waals surface area (Å²) in [7, 11) is 0. The molecule has 2 aliphatic rings. The molecular formula is C16H13ClFN5O3. The number of carboxylic acids is 1. The fourth-order valence-electron chi connectivity index (χ4n) is 3.68. The van der Waals surface area contributed by atoms with Gasteiger partial charge in [-0.3, -0.25) is 4.79 Å². The number of aromatic nitrogens is 4. The van der Waals surface area contributed by atoms with Crippen LogP contribution < -0.4 is 0 Å². The summed E-state index contributed by atoms with van der Waals surface area (Å²) in [6, 6.07) is 1.84. The normalized spacial score (nSPS) is 22.3. The number of amides is 1. The van der Waals surface area contributed by atoms with Crippen molar-refractivity contribution in [1.29, 1.82) is 0 Å². The van der Waals surface area contributed by atoms with Crippen LogP contribution in [0.1, 0.15) is 24.8 Å². The lowest BCUT2D eigenvalue weighted by molar-refractivity contribution is -0.147. The van der Waals surface area contributed by atoms with Crippen LogP contribution in [-0.4, -0.2) is 54.2 Å². The van der Waals surface area contributed by atoms with Crippen molar-refractivity contribution in [1.82, 2.24) is 25.1 Å². The Balaban J connectivity index is 1.81. The van der Waals surface area contributed by atoms with Gasteiger partial charge in [-0.25, -0.2) is 9.18 Å². The lowest BCUT2D eigenvalue weighted by Gasteiger charge is -2.32. The highest BCUT2D eigenvalue weighted by Crippen LogP contribution is 2.39. The van der Waals surface area contributed by atoms with Crippen LogP contribution in [0.5, 0.6) is 0 Å². The molecule has 0 bridgehead atoms. The zero-order chi connectivity index (χ0) is 18.4. The van der Waals surface area contributed by atoms with Crippen molar-refractivity contribution < 1.29 is 19.1 Å². The molecule has 1 N–H and O–H groups in total. The first-order valence-corrected chi connectivity index (χ1v) is 8.32. The number of nitrogens with zero attached hydrogens (tertiary/aromatic N) is 5. The molecule has 0 radical (unpaired) electrons. The number of hydrogen-bond donors (Lipinski definition) is 1. The lowest BCUT2D eigenvalue weighted by atomic mass is 9.92. The highest BCUT2D eigenvalue weighted by Gasteiger charge is 2.43. The van der Waals surface area contributed by atoms with Crippen LogP contribution in [-0.2, 0) is 9.59 Å². The molecule has 0 spiro atoms. The second-order valence-electron chi connectivity index (χ2n) is 6.21. The molecule has 2 atom stereocenters. The van der Waals surface area contributed by atoms with Gasteiger partial charge in [0, 0.05) is 17.7 Å². The lowest BCUT2D eigenvalue weighted by Crippen LogP contribution is -2.46. The molecule has 1 fully saturated rings.